The van der Waals surface area contributed by atoms with Crippen LogP contribution in [0, 0.1) is 17.8 Å². The molecule has 0 aromatic heterocycles. The summed E-state index contributed by atoms with van der Waals surface area (Å²) in [5.41, 5.74) is 5.84. The second-order valence-corrected chi connectivity index (χ2v) is 6.09. The molecule has 0 spiro atoms. The largest absolute Gasteiger partial charge is 0.381 e. The molecule has 4 unspecified atom stereocenters. The predicted molar refractivity (Wildman–Crippen MR) is 68.9 cm³/mol. The van der Waals surface area contributed by atoms with Crippen molar-refractivity contribution in [1.82, 2.24) is 4.90 Å². The van der Waals surface area contributed by atoms with Crippen molar-refractivity contribution in [2.45, 2.75) is 44.2 Å². The highest BCUT2D eigenvalue weighted by Gasteiger charge is 2.58. The molecule has 0 bridgehead atoms. The Morgan fingerprint density at radius 1 is 1.33 bits per heavy atom. The highest BCUT2D eigenvalue weighted by Crippen LogP contribution is 2.58. The Hall–Kier alpha value is -0.610. The molecule has 3 aliphatic rings. The molecule has 0 aromatic carbocycles. The van der Waals surface area contributed by atoms with Gasteiger partial charge in [0.1, 0.15) is 0 Å². The summed E-state index contributed by atoms with van der Waals surface area (Å²) in [6.07, 6.45) is 6.00. The Balaban J connectivity index is 1.63. The third-order valence-electron chi connectivity index (χ3n) is 5.25. The van der Waals surface area contributed by atoms with Crippen LogP contribution in [0.3, 0.4) is 0 Å². The van der Waals surface area contributed by atoms with Crippen LogP contribution >= 0.6 is 0 Å². The molecule has 3 rings (SSSR count). The average Bonchev–Trinajstić information content (AvgIpc) is 2.89. The third-order valence-corrected chi connectivity index (χ3v) is 5.25. The Morgan fingerprint density at radius 2 is 2.06 bits per heavy atom. The zero-order valence-corrected chi connectivity index (χ0v) is 11.2. The fourth-order valence-electron chi connectivity index (χ4n) is 4.12. The molecule has 1 amide bonds. The second kappa shape index (κ2) is 4.82. The predicted octanol–water partition coefficient (Wildman–Crippen LogP) is 0.997. The molecule has 2 saturated carbocycles. The Bertz CT molecular complexity index is 324. The van der Waals surface area contributed by atoms with Crippen molar-refractivity contribution >= 4 is 5.91 Å². The van der Waals surface area contributed by atoms with Crippen LogP contribution in [0.1, 0.15) is 32.1 Å². The van der Waals surface area contributed by atoms with E-state index in [1.54, 1.807) is 7.11 Å². The van der Waals surface area contributed by atoms with Gasteiger partial charge < -0.3 is 15.4 Å². The summed E-state index contributed by atoms with van der Waals surface area (Å²) < 4.78 is 5.41. The zero-order chi connectivity index (χ0) is 12.7. The lowest BCUT2D eigenvalue weighted by Crippen LogP contribution is -2.52. The van der Waals surface area contributed by atoms with Crippen LogP contribution < -0.4 is 5.73 Å². The van der Waals surface area contributed by atoms with Gasteiger partial charge in [-0.3, -0.25) is 4.79 Å². The van der Waals surface area contributed by atoms with Gasteiger partial charge in [-0.15, -0.1) is 0 Å². The minimum atomic E-state index is 0.192. The number of nitrogens with two attached hydrogens (primary N) is 1. The van der Waals surface area contributed by atoms with E-state index in [0.29, 0.717) is 30.2 Å². The van der Waals surface area contributed by atoms with Gasteiger partial charge in [0, 0.05) is 32.2 Å². The van der Waals surface area contributed by atoms with E-state index in [1.165, 1.54) is 19.3 Å². The lowest BCUT2D eigenvalue weighted by molar-refractivity contribution is -0.139. The van der Waals surface area contributed by atoms with Crippen molar-refractivity contribution in [3.05, 3.63) is 0 Å². The van der Waals surface area contributed by atoms with Crippen LogP contribution in [0.15, 0.2) is 0 Å². The van der Waals surface area contributed by atoms with Gasteiger partial charge >= 0.3 is 0 Å². The molecular formula is C14H24N2O2. The Labute approximate surface area is 109 Å². The number of amides is 1. The molecule has 18 heavy (non-hydrogen) atoms. The van der Waals surface area contributed by atoms with Gasteiger partial charge in [-0.1, -0.05) is 6.42 Å². The van der Waals surface area contributed by atoms with Crippen LogP contribution in [0.25, 0.3) is 0 Å². The van der Waals surface area contributed by atoms with E-state index in [-0.39, 0.29) is 12.1 Å². The summed E-state index contributed by atoms with van der Waals surface area (Å²) in [6.45, 7) is 1.39. The number of hydrogen-bond donors (Lipinski definition) is 1. The molecule has 1 saturated heterocycles. The minimum absolute atomic E-state index is 0.192. The molecule has 2 aliphatic carbocycles. The molecule has 102 valence electrons. The van der Waals surface area contributed by atoms with Crippen LogP contribution in [0.4, 0.5) is 0 Å². The number of carbonyl (C=O) groups excluding carboxylic acids is 1. The van der Waals surface area contributed by atoms with Crippen molar-refractivity contribution in [2.24, 2.45) is 23.5 Å². The van der Waals surface area contributed by atoms with E-state index >= 15 is 0 Å². The fourth-order valence-corrected chi connectivity index (χ4v) is 4.12. The van der Waals surface area contributed by atoms with Crippen LogP contribution in [0.5, 0.6) is 0 Å². The number of rotatable bonds is 3. The summed E-state index contributed by atoms with van der Waals surface area (Å²) in [5, 5.41) is 0. The van der Waals surface area contributed by atoms with Crippen molar-refractivity contribution < 1.29 is 9.53 Å². The van der Waals surface area contributed by atoms with Crippen molar-refractivity contribution in [2.75, 3.05) is 20.2 Å². The highest BCUT2D eigenvalue weighted by molar-refractivity contribution is 5.83. The zero-order valence-electron chi connectivity index (χ0n) is 11.2. The summed E-state index contributed by atoms with van der Waals surface area (Å²) in [4.78, 5) is 14.6. The number of ether oxygens (including phenoxy) is 1. The molecule has 2 N–H and O–H groups in total. The number of carbonyl (C=O) groups is 1. The van der Waals surface area contributed by atoms with Crippen molar-refractivity contribution in [3.8, 4) is 0 Å². The van der Waals surface area contributed by atoms with Gasteiger partial charge in [-0.05, 0) is 37.5 Å². The van der Waals surface area contributed by atoms with Crippen LogP contribution in [-0.2, 0) is 9.53 Å². The molecule has 4 nitrogen and oxygen atoms in total. The van der Waals surface area contributed by atoms with Crippen LogP contribution in [-0.4, -0.2) is 43.2 Å². The Kier molecular flexibility index (Phi) is 3.32. The maximum atomic E-state index is 12.6. The van der Waals surface area contributed by atoms with E-state index in [9.17, 15) is 4.79 Å². The highest BCUT2D eigenvalue weighted by atomic mass is 16.5. The lowest BCUT2D eigenvalue weighted by atomic mass is 9.98. The van der Waals surface area contributed by atoms with Crippen molar-refractivity contribution in [3.63, 3.8) is 0 Å². The first-order valence-corrected chi connectivity index (χ1v) is 7.29. The summed E-state index contributed by atoms with van der Waals surface area (Å²) in [6, 6.07) is 0.192. The topological polar surface area (TPSA) is 55.6 Å². The molecule has 3 fully saturated rings. The van der Waals surface area contributed by atoms with Gasteiger partial charge in [0.15, 0.2) is 0 Å². The van der Waals surface area contributed by atoms with E-state index < -0.39 is 0 Å². The lowest BCUT2D eigenvalue weighted by Gasteiger charge is -2.39. The van der Waals surface area contributed by atoms with Gasteiger partial charge in [-0.2, -0.15) is 0 Å². The number of nitrogens with zero attached hydrogens (tertiary/aromatic N) is 1. The molecule has 1 heterocycles. The molecular weight excluding hydrogens is 228 g/mol. The van der Waals surface area contributed by atoms with Crippen LogP contribution in [0.2, 0.25) is 0 Å². The van der Waals surface area contributed by atoms with Gasteiger partial charge in [-0.25, -0.2) is 0 Å². The molecule has 0 aromatic rings. The van der Waals surface area contributed by atoms with Crippen molar-refractivity contribution in [1.29, 1.82) is 0 Å². The van der Waals surface area contributed by atoms with Gasteiger partial charge in [0.2, 0.25) is 5.91 Å². The van der Waals surface area contributed by atoms with E-state index in [1.807, 2.05) is 0 Å². The monoisotopic (exact) mass is 252 g/mol. The molecule has 1 aliphatic heterocycles. The second-order valence-electron chi connectivity index (χ2n) is 6.09. The smallest absolute Gasteiger partial charge is 0.226 e. The SMILES string of the molecule is COC1CCN(C(=O)C2C3CCCC32)C(CN)C1. The van der Waals surface area contributed by atoms with Gasteiger partial charge in [0.25, 0.3) is 0 Å². The summed E-state index contributed by atoms with van der Waals surface area (Å²) in [5.74, 6) is 2.13. The fraction of sp³-hybridized carbons (Fsp3) is 0.929. The normalized spacial score (nSPS) is 42.8. The standard InChI is InChI=1S/C14H24N2O2/c1-18-10-5-6-16(9(7-10)8-15)14(17)13-11-3-2-4-12(11)13/h9-13H,2-8,15H2,1H3. The molecule has 4 atom stereocenters. The first kappa shape index (κ1) is 12.4. The number of likely N-dealkylation sites (tertiary alicyclic amines) is 1. The van der Waals surface area contributed by atoms with E-state index in [0.717, 1.165) is 19.4 Å². The average molecular weight is 252 g/mol. The number of methoxy groups -OCH3 is 1. The summed E-state index contributed by atoms with van der Waals surface area (Å²) >= 11 is 0. The number of fused-ring (bicyclic) bond motifs is 1. The quantitative estimate of drug-likeness (QED) is 0.815. The number of hydrogen-bond acceptors (Lipinski definition) is 3. The van der Waals surface area contributed by atoms with Gasteiger partial charge in [0.05, 0.1) is 6.10 Å². The van der Waals surface area contributed by atoms with E-state index in [2.05, 4.69) is 4.90 Å². The maximum absolute atomic E-state index is 12.6. The third kappa shape index (κ3) is 1.95. The molecule has 4 heteroatoms. The number of piperidine rings is 1. The maximum Gasteiger partial charge on any atom is 0.226 e. The minimum Gasteiger partial charge on any atom is -0.381 e. The first-order chi connectivity index (χ1) is 8.76. The van der Waals surface area contributed by atoms with E-state index in [4.69, 9.17) is 10.5 Å². The Morgan fingerprint density at radius 3 is 2.67 bits per heavy atom. The first-order valence-electron chi connectivity index (χ1n) is 7.29. The summed E-state index contributed by atoms with van der Waals surface area (Å²) in [7, 11) is 1.75. The molecule has 0 radical (unpaired) electrons.